The van der Waals surface area contributed by atoms with Crippen LogP contribution in [0.15, 0.2) is 29.1 Å². The van der Waals surface area contributed by atoms with Crippen LogP contribution in [0.3, 0.4) is 0 Å². The van der Waals surface area contributed by atoms with E-state index in [0.29, 0.717) is 12.3 Å². The van der Waals surface area contributed by atoms with Gasteiger partial charge in [-0.3, -0.25) is 9.36 Å². The van der Waals surface area contributed by atoms with E-state index in [1.807, 2.05) is 0 Å². The maximum atomic E-state index is 14.4. The van der Waals surface area contributed by atoms with Gasteiger partial charge in [0.05, 0.1) is 10.7 Å². The van der Waals surface area contributed by atoms with Gasteiger partial charge >= 0.3 is 5.97 Å². The number of nitrogens with two attached hydrogens (primary N) is 1. The summed E-state index contributed by atoms with van der Waals surface area (Å²) in [6, 6.07) is 4.47. The molecule has 1 aliphatic heterocycles. The fourth-order valence-electron chi connectivity index (χ4n) is 3.18. The zero-order valence-corrected chi connectivity index (χ0v) is 14.1. The molecule has 0 saturated heterocycles. The predicted molar refractivity (Wildman–Crippen MR) is 91.2 cm³/mol. The molecule has 1 aromatic heterocycles. The van der Waals surface area contributed by atoms with Gasteiger partial charge in [0, 0.05) is 30.3 Å². The monoisotopic (exact) mass is 366 g/mol. The maximum Gasteiger partial charge on any atom is 0.326 e. The molecule has 1 aliphatic rings. The van der Waals surface area contributed by atoms with Gasteiger partial charge in [0.1, 0.15) is 12.1 Å². The van der Waals surface area contributed by atoms with Crippen molar-refractivity contribution < 1.29 is 19.0 Å². The number of carboxylic acids is 1. The number of pyridine rings is 1. The van der Waals surface area contributed by atoms with Crippen LogP contribution in [0.1, 0.15) is 31.2 Å². The highest BCUT2D eigenvalue weighted by atomic mass is 35.5. The van der Waals surface area contributed by atoms with Gasteiger partial charge in [-0.25, -0.2) is 9.18 Å². The Balaban J connectivity index is 2.23. The number of rotatable bonds is 4. The lowest BCUT2D eigenvalue weighted by Gasteiger charge is -2.14. The second kappa shape index (κ2) is 6.50. The number of nitrogen functional groups attached to an aromatic ring is 1. The van der Waals surface area contributed by atoms with E-state index in [9.17, 15) is 19.1 Å². The maximum absolute atomic E-state index is 14.4. The zero-order chi connectivity index (χ0) is 18.3. The van der Waals surface area contributed by atoms with Gasteiger partial charge < -0.3 is 15.6 Å². The zero-order valence-electron chi connectivity index (χ0n) is 13.3. The highest BCUT2D eigenvalue weighted by Crippen LogP contribution is 2.39. The molecule has 2 atom stereocenters. The first kappa shape index (κ1) is 17.4. The summed E-state index contributed by atoms with van der Waals surface area (Å²) in [6.45, 7) is 2.12. The molecule has 132 valence electrons. The van der Waals surface area contributed by atoms with Gasteiger partial charge in [-0.2, -0.15) is 0 Å². The standard InChI is InChI=1S/C17H16ClFN2O4/c1-2-25-13-7-12(17(23)24)21-11(13)5-8(6-14(21)22)15-10(20)4-3-9(18)16(15)19/h3-6,12-13H,2,7,20H2,1H3,(H,23,24)/t12-,13?/m0/s1. The smallest absolute Gasteiger partial charge is 0.326 e. The van der Waals surface area contributed by atoms with Crippen LogP contribution in [0.5, 0.6) is 0 Å². The molecule has 3 N–H and O–H groups in total. The number of fused-ring (bicyclic) bond motifs is 1. The van der Waals surface area contributed by atoms with Crippen LogP contribution in [0.25, 0.3) is 11.1 Å². The van der Waals surface area contributed by atoms with Gasteiger partial charge in [0.25, 0.3) is 5.56 Å². The number of aromatic nitrogens is 1. The number of ether oxygens (including phenoxy) is 1. The van der Waals surface area contributed by atoms with E-state index in [0.717, 1.165) is 0 Å². The normalized spacial score (nSPS) is 19.0. The molecule has 0 radical (unpaired) electrons. The average Bonchev–Trinajstić information content (AvgIpc) is 2.91. The summed E-state index contributed by atoms with van der Waals surface area (Å²) in [5.74, 6) is -1.85. The van der Waals surface area contributed by atoms with Crippen LogP contribution in [-0.2, 0) is 9.53 Å². The fourth-order valence-corrected chi connectivity index (χ4v) is 3.34. The van der Waals surface area contributed by atoms with Crippen molar-refractivity contribution in [3.8, 4) is 11.1 Å². The molecule has 0 aliphatic carbocycles. The Hall–Kier alpha value is -2.38. The Morgan fingerprint density at radius 3 is 2.84 bits per heavy atom. The van der Waals surface area contributed by atoms with Crippen LogP contribution < -0.4 is 11.3 Å². The van der Waals surface area contributed by atoms with Crippen LogP contribution in [-0.4, -0.2) is 22.2 Å². The van der Waals surface area contributed by atoms with Gasteiger partial charge in [-0.05, 0) is 30.7 Å². The number of aliphatic carboxylic acids is 1. The van der Waals surface area contributed by atoms with Crippen LogP contribution in [0, 0.1) is 5.82 Å². The van der Waals surface area contributed by atoms with Crippen molar-refractivity contribution in [1.29, 1.82) is 0 Å². The van der Waals surface area contributed by atoms with E-state index >= 15 is 0 Å². The SMILES string of the molecule is CCOC1C[C@@H](C(=O)O)n2c1cc(-c1c(N)ccc(Cl)c1F)cc2=O. The van der Waals surface area contributed by atoms with Crippen molar-refractivity contribution in [2.75, 3.05) is 12.3 Å². The summed E-state index contributed by atoms with van der Waals surface area (Å²) in [5, 5.41) is 9.25. The van der Waals surface area contributed by atoms with Crippen LogP contribution >= 0.6 is 11.6 Å². The van der Waals surface area contributed by atoms with E-state index in [-0.39, 0.29) is 28.3 Å². The van der Waals surface area contributed by atoms with E-state index in [1.54, 1.807) is 6.92 Å². The first-order valence-electron chi connectivity index (χ1n) is 7.69. The van der Waals surface area contributed by atoms with Gasteiger partial charge in [0.2, 0.25) is 0 Å². The highest BCUT2D eigenvalue weighted by Gasteiger charge is 2.37. The second-order valence-corrected chi connectivity index (χ2v) is 6.14. The Labute approximate surface area is 147 Å². The summed E-state index contributed by atoms with van der Waals surface area (Å²) < 4.78 is 21.2. The Bertz CT molecular complexity index is 912. The van der Waals surface area contributed by atoms with Crippen molar-refractivity contribution in [3.63, 3.8) is 0 Å². The highest BCUT2D eigenvalue weighted by molar-refractivity contribution is 6.31. The first-order valence-corrected chi connectivity index (χ1v) is 8.07. The molecule has 25 heavy (non-hydrogen) atoms. The molecule has 1 unspecified atom stereocenters. The number of hydrogen-bond acceptors (Lipinski definition) is 4. The fraction of sp³-hybridized carbons (Fsp3) is 0.294. The van der Waals surface area contributed by atoms with Crippen molar-refractivity contribution >= 4 is 23.3 Å². The third-order valence-electron chi connectivity index (χ3n) is 4.25. The lowest BCUT2D eigenvalue weighted by atomic mass is 10.0. The molecular formula is C17H16ClFN2O4. The molecule has 8 heteroatoms. The number of carboxylic acid groups (broad SMARTS) is 1. The summed E-state index contributed by atoms with van der Waals surface area (Å²) >= 11 is 5.82. The minimum atomic E-state index is -1.12. The Kier molecular flexibility index (Phi) is 4.53. The van der Waals surface area contributed by atoms with Gasteiger partial charge in [-0.1, -0.05) is 11.6 Å². The lowest BCUT2D eigenvalue weighted by Crippen LogP contribution is -2.27. The molecule has 0 amide bonds. The van der Waals surface area contributed by atoms with Gasteiger partial charge in [0.15, 0.2) is 5.82 Å². The molecule has 0 bridgehead atoms. The third-order valence-corrected chi connectivity index (χ3v) is 4.54. The molecule has 2 aromatic rings. The number of benzene rings is 1. The van der Waals surface area contributed by atoms with E-state index in [4.69, 9.17) is 22.1 Å². The first-order chi connectivity index (χ1) is 11.8. The Morgan fingerprint density at radius 2 is 2.20 bits per heavy atom. The summed E-state index contributed by atoms with van der Waals surface area (Å²) in [7, 11) is 0. The van der Waals surface area contributed by atoms with Crippen LogP contribution in [0.4, 0.5) is 10.1 Å². The lowest BCUT2D eigenvalue weighted by molar-refractivity contribution is -0.141. The van der Waals surface area contributed by atoms with E-state index in [2.05, 4.69) is 0 Å². The van der Waals surface area contributed by atoms with Crippen molar-refractivity contribution in [3.05, 3.63) is 51.2 Å². The number of nitrogens with zero attached hydrogens (tertiary/aromatic N) is 1. The number of halogens is 2. The summed E-state index contributed by atoms with van der Waals surface area (Å²) in [4.78, 5) is 24.0. The van der Waals surface area contributed by atoms with E-state index in [1.165, 1.54) is 28.8 Å². The van der Waals surface area contributed by atoms with Gasteiger partial charge in [-0.15, -0.1) is 0 Å². The molecule has 1 aromatic carbocycles. The molecular weight excluding hydrogens is 351 g/mol. The second-order valence-electron chi connectivity index (χ2n) is 5.74. The summed E-state index contributed by atoms with van der Waals surface area (Å²) in [6.07, 6.45) is -0.433. The Morgan fingerprint density at radius 1 is 1.48 bits per heavy atom. The number of anilines is 1. The topological polar surface area (TPSA) is 94.6 Å². The molecule has 2 heterocycles. The molecule has 0 fully saturated rings. The number of carbonyl (C=O) groups is 1. The summed E-state index contributed by atoms with van der Waals surface area (Å²) in [5.41, 5.74) is 6.07. The minimum absolute atomic E-state index is 0.0158. The molecule has 3 rings (SSSR count). The molecule has 6 nitrogen and oxygen atoms in total. The van der Waals surface area contributed by atoms with Crippen molar-refractivity contribution in [2.24, 2.45) is 0 Å². The third kappa shape index (κ3) is 2.89. The number of hydrogen-bond donors (Lipinski definition) is 2. The molecule has 0 spiro atoms. The van der Waals surface area contributed by atoms with Crippen LogP contribution in [0.2, 0.25) is 5.02 Å². The minimum Gasteiger partial charge on any atom is -0.480 e. The van der Waals surface area contributed by atoms with Crippen molar-refractivity contribution in [1.82, 2.24) is 4.57 Å². The quantitative estimate of drug-likeness (QED) is 0.811. The molecule has 0 saturated carbocycles. The van der Waals surface area contributed by atoms with Crippen molar-refractivity contribution in [2.45, 2.75) is 25.5 Å². The largest absolute Gasteiger partial charge is 0.480 e. The predicted octanol–water partition coefficient (Wildman–Crippen LogP) is 3.00. The van der Waals surface area contributed by atoms with E-state index < -0.39 is 29.5 Å². The average molecular weight is 367 g/mol.